The van der Waals surface area contributed by atoms with Crippen LogP contribution < -0.4 is 5.32 Å². The number of hydrogen-bond acceptors (Lipinski definition) is 2. The molecule has 2 heterocycles. The third-order valence-electron chi connectivity index (χ3n) is 3.71. The highest BCUT2D eigenvalue weighted by molar-refractivity contribution is 5.79. The van der Waals surface area contributed by atoms with Crippen molar-refractivity contribution in [3.8, 4) is 0 Å². The molecule has 0 spiro atoms. The van der Waals surface area contributed by atoms with Crippen LogP contribution in [0.25, 0.3) is 0 Å². The summed E-state index contributed by atoms with van der Waals surface area (Å²) in [6.45, 7) is 7.52. The largest absolute Gasteiger partial charge is 0.349 e. The van der Waals surface area contributed by atoms with Crippen LogP contribution in [-0.2, 0) is 13.6 Å². The Labute approximate surface area is 115 Å². The summed E-state index contributed by atoms with van der Waals surface area (Å²) in [5, 5.41) is 3.42. The third-order valence-corrected chi connectivity index (χ3v) is 3.71. The van der Waals surface area contributed by atoms with Crippen LogP contribution >= 0.6 is 0 Å². The summed E-state index contributed by atoms with van der Waals surface area (Å²) in [6, 6.07) is 0. The van der Waals surface area contributed by atoms with Gasteiger partial charge in [0.15, 0.2) is 5.96 Å². The molecule has 19 heavy (non-hydrogen) atoms. The topological polar surface area (TPSA) is 45.5 Å². The van der Waals surface area contributed by atoms with Crippen molar-refractivity contribution in [3.63, 3.8) is 0 Å². The van der Waals surface area contributed by atoms with Crippen molar-refractivity contribution in [1.29, 1.82) is 0 Å². The lowest BCUT2D eigenvalue weighted by atomic mass is 9.92. The van der Waals surface area contributed by atoms with Gasteiger partial charge in [0.1, 0.15) is 5.82 Å². The molecule has 0 aromatic carbocycles. The number of aliphatic imine (C=N–C) groups is 1. The summed E-state index contributed by atoms with van der Waals surface area (Å²) in [6.07, 6.45) is 5.10. The van der Waals surface area contributed by atoms with Gasteiger partial charge in [-0.2, -0.15) is 0 Å². The van der Waals surface area contributed by atoms with Crippen molar-refractivity contribution in [2.45, 2.75) is 26.8 Å². The lowest BCUT2D eigenvalue weighted by Crippen LogP contribution is -2.48. The maximum absolute atomic E-state index is 4.40. The van der Waals surface area contributed by atoms with Crippen molar-refractivity contribution in [3.05, 3.63) is 18.2 Å². The average molecular weight is 263 g/mol. The second kappa shape index (κ2) is 6.08. The Balaban J connectivity index is 1.95. The van der Waals surface area contributed by atoms with Gasteiger partial charge in [0.25, 0.3) is 0 Å². The zero-order valence-electron chi connectivity index (χ0n) is 12.4. The van der Waals surface area contributed by atoms with E-state index in [4.69, 9.17) is 0 Å². The molecule has 5 nitrogen and oxygen atoms in total. The summed E-state index contributed by atoms with van der Waals surface area (Å²) in [5.41, 5.74) is 0. The predicted molar refractivity (Wildman–Crippen MR) is 77.9 cm³/mol. The Kier molecular flexibility index (Phi) is 4.45. The van der Waals surface area contributed by atoms with Crippen LogP contribution in [-0.4, -0.2) is 40.5 Å². The van der Waals surface area contributed by atoms with Gasteiger partial charge in [0.2, 0.25) is 0 Å². The molecule has 5 heteroatoms. The fourth-order valence-corrected chi connectivity index (χ4v) is 2.89. The fraction of sp³-hybridized carbons (Fsp3) is 0.714. The van der Waals surface area contributed by atoms with E-state index in [-0.39, 0.29) is 0 Å². The number of likely N-dealkylation sites (tertiary alicyclic amines) is 1. The smallest absolute Gasteiger partial charge is 0.194 e. The minimum absolute atomic E-state index is 0.718. The van der Waals surface area contributed by atoms with Crippen LogP contribution in [0.3, 0.4) is 0 Å². The number of piperidine rings is 1. The van der Waals surface area contributed by atoms with Crippen molar-refractivity contribution >= 4 is 5.96 Å². The predicted octanol–water partition coefficient (Wildman–Crippen LogP) is 1.47. The van der Waals surface area contributed by atoms with Gasteiger partial charge in [-0.15, -0.1) is 0 Å². The van der Waals surface area contributed by atoms with E-state index in [1.54, 1.807) is 0 Å². The molecule has 1 fully saturated rings. The van der Waals surface area contributed by atoms with Crippen LogP contribution in [0, 0.1) is 11.8 Å². The van der Waals surface area contributed by atoms with Crippen LogP contribution in [0.15, 0.2) is 17.4 Å². The fourth-order valence-electron chi connectivity index (χ4n) is 2.89. The average Bonchev–Trinajstić information content (AvgIpc) is 2.75. The normalized spacial score (nSPS) is 24.6. The number of hydrogen-bond donors (Lipinski definition) is 1. The minimum atomic E-state index is 0.718. The van der Waals surface area contributed by atoms with Gasteiger partial charge in [0.05, 0.1) is 6.54 Å². The van der Waals surface area contributed by atoms with E-state index in [0.29, 0.717) is 0 Å². The van der Waals surface area contributed by atoms with Crippen LogP contribution in [0.4, 0.5) is 0 Å². The molecule has 2 atom stereocenters. The lowest BCUT2D eigenvalue weighted by Gasteiger charge is -2.37. The number of imidazole rings is 1. The molecule has 0 radical (unpaired) electrons. The van der Waals surface area contributed by atoms with E-state index < -0.39 is 0 Å². The van der Waals surface area contributed by atoms with Gasteiger partial charge >= 0.3 is 0 Å². The summed E-state index contributed by atoms with van der Waals surface area (Å²) in [4.78, 5) is 11.1. The molecule has 1 aliphatic rings. The molecule has 0 bridgehead atoms. The highest BCUT2D eigenvalue weighted by Crippen LogP contribution is 2.20. The Morgan fingerprint density at radius 2 is 2.11 bits per heavy atom. The quantitative estimate of drug-likeness (QED) is 0.649. The first kappa shape index (κ1) is 13.9. The van der Waals surface area contributed by atoms with Crippen molar-refractivity contribution < 1.29 is 0 Å². The van der Waals surface area contributed by atoms with E-state index in [1.165, 1.54) is 6.42 Å². The summed E-state index contributed by atoms with van der Waals surface area (Å²) < 4.78 is 2.03. The third kappa shape index (κ3) is 3.49. The van der Waals surface area contributed by atoms with E-state index in [9.17, 15) is 0 Å². The van der Waals surface area contributed by atoms with Crippen molar-refractivity contribution in [1.82, 2.24) is 19.8 Å². The van der Waals surface area contributed by atoms with Crippen molar-refractivity contribution in [2.75, 3.05) is 20.1 Å². The molecule has 0 saturated carbocycles. The van der Waals surface area contributed by atoms with Gasteiger partial charge < -0.3 is 14.8 Å². The van der Waals surface area contributed by atoms with E-state index in [1.807, 2.05) is 31.1 Å². The minimum Gasteiger partial charge on any atom is -0.349 e. The first-order valence-corrected chi connectivity index (χ1v) is 7.02. The molecule has 1 aromatic rings. The molecule has 1 aliphatic heterocycles. The second-order valence-corrected chi connectivity index (χ2v) is 5.71. The molecular weight excluding hydrogens is 238 g/mol. The lowest BCUT2D eigenvalue weighted by molar-refractivity contribution is 0.208. The molecule has 2 rings (SSSR count). The van der Waals surface area contributed by atoms with Gasteiger partial charge in [-0.3, -0.25) is 4.99 Å². The maximum Gasteiger partial charge on any atom is 0.194 e. The second-order valence-electron chi connectivity index (χ2n) is 5.71. The Morgan fingerprint density at radius 1 is 1.42 bits per heavy atom. The summed E-state index contributed by atoms with van der Waals surface area (Å²) >= 11 is 0. The first-order valence-electron chi connectivity index (χ1n) is 7.02. The molecule has 0 amide bonds. The molecular formula is C14H25N5. The number of aryl methyl sites for hydroxylation is 1. The highest BCUT2D eigenvalue weighted by Gasteiger charge is 2.23. The summed E-state index contributed by atoms with van der Waals surface area (Å²) in [5.74, 6) is 3.48. The van der Waals surface area contributed by atoms with Gasteiger partial charge in [-0.05, 0) is 18.3 Å². The van der Waals surface area contributed by atoms with Crippen LogP contribution in [0.5, 0.6) is 0 Å². The van der Waals surface area contributed by atoms with E-state index >= 15 is 0 Å². The SMILES string of the molecule is CN=C(NCc1nccn1C)N1CC(C)CC(C)C1. The molecule has 1 aromatic heterocycles. The van der Waals surface area contributed by atoms with Gasteiger partial charge in [-0.25, -0.2) is 4.98 Å². The van der Waals surface area contributed by atoms with Crippen LogP contribution in [0.1, 0.15) is 26.1 Å². The summed E-state index contributed by atoms with van der Waals surface area (Å²) in [7, 11) is 3.86. The monoisotopic (exact) mass is 263 g/mol. The number of rotatable bonds is 2. The Morgan fingerprint density at radius 3 is 2.63 bits per heavy atom. The molecule has 1 N–H and O–H groups in total. The van der Waals surface area contributed by atoms with Crippen LogP contribution in [0.2, 0.25) is 0 Å². The Bertz CT molecular complexity index is 427. The van der Waals surface area contributed by atoms with Gasteiger partial charge in [0, 0.05) is 39.6 Å². The zero-order valence-corrected chi connectivity index (χ0v) is 12.4. The molecule has 1 saturated heterocycles. The molecule has 106 valence electrons. The number of nitrogens with one attached hydrogen (secondary N) is 1. The highest BCUT2D eigenvalue weighted by atomic mass is 15.3. The number of aromatic nitrogens is 2. The number of nitrogens with zero attached hydrogens (tertiary/aromatic N) is 4. The standard InChI is InChI=1S/C14H25N5/c1-11-7-12(2)10-19(9-11)14(15-3)17-8-13-16-5-6-18(13)4/h5-6,11-12H,7-10H2,1-4H3,(H,15,17). The first-order chi connectivity index (χ1) is 9.10. The molecule has 2 unspecified atom stereocenters. The maximum atomic E-state index is 4.40. The number of guanidine groups is 1. The molecule has 0 aliphatic carbocycles. The van der Waals surface area contributed by atoms with Gasteiger partial charge in [-0.1, -0.05) is 13.8 Å². The van der Waals surface area contributed by atoms with E-state index in [2.05, 4.69) is 34.0 Å². The van der Waals surface area contributed by atoms with E-state index in [0.717, 1.165) is 43.3 Å². The van der Waals surface area contributed by atoms with Crippen molar-refractivity contribution in [2.24, 2.45) is 23.9 Å². The Hall–Kier alpha value is -1.52. The zero-order chi connectivity index (χ0) is 13.8.